The Bertz CT molecular complexity index is 919. The maximum atomic E-state index is 13.8. The molecule has 1 saturated carbocycles. The quantitative estimate of drug-likeness (QED) is 0.527. The summed E-state index contributed by atoms with van der Waals surface area (Å²) in [5.41, 5.74) is -3.23. The Balaban J connectivity index is 1.54. The largest absolute Gasteiger partial charge is 0.399 e. The first kappa shape index (κ1) is 21.1. The van der Waals surface area contributed by atoms with Crippen LogP contribution in [0.15, 0.2) is 53.0 Å². The molecule has 5 nitrogen and oxygen atoms in total. The lowest BCUT2D eigenvalue weighted by Crippen LogP contribution is -2.27. The molecule has 3 N–H and O–H groups in total. The first-order valence-corrected chi connectivity index (χ1v) is 11.1. The lowest BCUT2D eigenvalue weighted by Gasteiger charge is -2.19. The fraction of sp³-hybridized carbons (Fsp3) is 0.316. The van der Waals surface area contributed by atoms with Crippen LogP contribution in [0.2, 0.25) is 0 Å². The van der Waals surface area contributed by atoms with E-state index in [0.29, 0.717) is 18.5 Å². The molecule has 2 unspecified atom stereocenters. The highest BCUT2D eigenvalue weighted by Gasteiger charge is 2.51. The molecule has 2 atom stereocenters. The molecule has 1 fully saturated rings. The third-order valence-corrected chi connectivity index (χ3v) is 6.42. The van der Waals surface area contributed by atoms with Crippen molar-refractivity contribution in [1.29, 1.82) is 0 Å². The van der Waals surface area contributed by atoms with Crippen molar-refractivity contribution in [2.24, 2.45) is 5.92 Å². The van der Waals surface area contributed by atoms with E-state index < -0.39 is 18.8 Å². The van der Waals surface area contributed by atoms with Crippen molar-refractivity contribution in [3.05, 3.63) is 69.7 Å². The van der Waals surface area contributed by atoms with Gasteiger partial charge in [-0.05, 0) is 36.0 Å². The maximum absolute atomic E-state index is 13.8. The van der Waals surface area contributed by atoms with Gasteiger partial charge in [-0.2, -0.15) is 8.78 Å². The highest BCUT2D eigenvalue weighted by atomic mass is 79.9. The van der Waals surface area contributed by atoms with E-state index >= 15 is 0 Å². The van der Waals surface area contributed by atoms with Gasteiger partial charge in [-0.1, -0.05) is 58.4 Å². The number of carbonyl (C=O) groups excluding carboxylic acids is 1. The normalized spacial score (nSPS) is 19.3. The molecule has 1 aliphatic rings. The second-order valence-corrected chi connectivity index (χ2v) is 9.30. The standard InChI is InChI=1S/C19H19BrF2NO4P/c20-17-10-12(6-7-16(17)19(21,22)28(25,26)27)8-9-23-18(24)15-11-14(15)13-4-2-1-3-5-13/h1-7,10,14-15H,8-9,11H2,(H,23,24)(H2,25,26,27). The van der Waals surface area contributed by atoms with Gasteiger partial charge in [-0.25, -0.2) is 0 Å². The molecule has 28 heavy (non-hydrogen) atoms. The molecule has 3 rings (SSSR count). The van der Waals surface area contributed by atoms with Crippen LogP contribution in [-0.2, 0) is 21.4 Å². The average Bonchev–Trinajstić information content (AvgIpc) is 3.42. The van der Waals surface area contributed by atoms with Gasteiger partial charge >= 0.3 is 13.3 Å². The number of halogens is 3. The van der Waals surface area contributed by atoms with E-state index in [1.54, 1.807) is 0 Å². The fourth-order valence-electron chi connectivity index (χ4n) is 3.13. The Morgan fingerprint density at radius 3 is 2.50 bits per heavy atom. The second kappa shape index (κ2) is 8.03. The van der Waals surface area contributed by atoms with Gasteiger partial charge in [0.15, 0.2) is 0 Å². The minimum Gasteiger partial charge on any atom is -0.356 e. The monoisotopic (exact) mass is 473 g/mol. The molecule has 1 amide bonds. The summed E-state index contributed by atoms with van der Waals surface area (Å²) >= 11 is 2.95. The van der Waals surface area contributed by atoms with Gasteiger partial charge in [0.2, 0.25) is 5.91 Å². The van der Waals surface area contributed by atoms with E-state index in [-0.39, 0.29) is 22.2 Å². The first-order valence-electron chi connectivity index (χ1n) is 8.66. The number of carbonyl (C=O) groups is 1. The van der Waals surface area contributed by atoms with E-state index in [9.17, 15) is 18.1 Å². The van der Waals surface area contributed by atoms with Crippen LogP contribution in [0.25, 0.3) is 0 Å². The zero-order valence-corrected chi connectivity index (χ0v) is 17.2. The van der Waals surface area contributed by atoms with Crippen LogP contribution in [0, 0.1) is 5.92 Å². The summed E-state index contributed by atoms with van der Waals surface area (Å²) in [7, 11) is -5.62. The summed E-state index contributed by atoms with van der Waals surface area (Å²) < 4.78 is 38.6. The maximum Gasteiger partial charge on any atom is 0.399 e. The lowest BCUT2D eigenvalue weighted by molar-refractivity contribution is -0.122. The SMILES string of the molecule is O=C(NCCc1ccc(C(F)(F)P(=O)(O)O)c(Br)c1)C1CC1c1ccccc1. The zero-order chi connectivity index (χ0) is 20.5. The van der Waals surface area contributed by atoms with Crippen molar-refractivity contribution in [1.82, 2.24) is 5.32 Å². The highest BCUT2D eigenvalue weighted by Crippen LogP contribution is 2.60. The molecule has 9 heteroatoms. The van der Waals surface area contributed by atoms with Crippen LogP contribution in [-0.4, -0.2) is 22.2 Å². The zero-order valence-electron chi connectivity index (χ0n) is 14.7. The summed E-state index contributed by atoms with van der Waals surface area (Å²) in [5, 5.41) is 2.85. The Morgan fingerprint density at radius 2 is 1.89 bits per heavy atom. The molecule has 0 saturated heterocycles. The molecule has 150 valence electrons. The number of amides is 1. The van der Waals surface area contributed by atoms with Crippen LogP contribution in [0.3, 0.4) is 0 Å². The van der Waals surface area contributed by atoms with Gasteiger partial charge in [0.05, 0.1) is 0 Å². The minimum absolute atomic E-state index is 0.0300. The predicted octanol–water partition coefficient (Wildman–Crippen LogP) is 4.14. The molecular formula is C19H19BrF2NO4P. The summed E-state index contributed by atoms with van der Waals surface area (Å²) in [4.78, 5) is 29.9. The number of hydrogen-bond donors (Lipinski definition) is 3. The molecule has 0 heterocycles. The third kappa shape index (κ3) is 4.51. The topological polar surface area (TPSA) is 86.6 Å². The van der Waals surface area contributed by atoms with Crippen LogP contribution >= 0.6 is 23.5 Å². The fourth-order valence-corrected chi connectivity index (χ4v) is 4.47. The van der Waals surface area contributed by atoms with Crippen molar-refractivity contribution in [2.75, 3.05) is 6.54 Å². The Morgan fingerprint density at radius 1 is 1.21 bits per heavy atom. The van der Waals surface area contributed by atoms with E-state index in [4.69, 9.17) is 9.79 Å². The Labute approximate surface area is 169 Å². The smallest absolute Gasteiger partial charge is 0.356 e. The number of hydrogen-bond acceptors (Lipinski definition) is 2. The van der Waals surface area contributed by atoms with E-state index in [1.165, 1.54) is 12.1 Å². The molecule has 0 bridgehead atoms. The third-order valence-electron chi connectivity index (χ3n) is 4.79. The van der Waals surface area contributed by atoms with Gasteiger partial charge in [0.25, 0.3) is 0 Å². The molecule has 0 spiro atoms. The number of benzene rings is 2. The molecule has 2 aromatic carbocycles. The number of alkyl halides is 2. The summed E-state index contributed by atoms with van der Waals surface area (Å²) in [6.07, 6.45) is 1.22. The van der Waals surface area contributed by atoms with Crippen molar-refractivity contribution < 1.29 is 27.9 Å². The van der Waals surface area contributed by atoms with Crippen molar-refractivity contribution in [3.63, 3.8) is 0 Å². The van der Waals surface area contributed by atoms with Gasteiger partial charge < -0.3 is 15.1 Å². The molecule has 2 aromatic rings. The molecule has 1 aliphatic carbocycles. The summed E-state index contributed by atoms with van der Waals surface area (Å²) in [5.74, 6) is 0.167. The highest BCUT2D eigenvalue weighted by molar-refractivity contribution is 9.10. The summed E-state index contributed by atoms with van der Waals surface area (Å²) in [6.45, 7) is 0.345. The first-order chi connectivity index (χ1) is 13.1. The van der Waals surface area contributed by atoms with Gasteiger partial charge in [-0.3, -0.25) is 9.36 Å². The summed E-state index contributed by atoms with van der Waals surface area (Å²) in [6, 6.07) is 13.6. The minimum atomic E-state index is -5.62. The van der Waals surface area contributed by atoms with Crippen LogP contribution in [0.4, 0.5) is 8.78 Å². The Hall–Kier alpha value is -1.60. The van der Waals surface area contributed by atoms with Crippen molar-refractivity contribution in [3.8, 4) is 0 Å². The lowest BCUT2D eigenvalue weighted by atomic mass is 10.1. The van der Waals surface area contributed by atoms with Crippen LogP contribution < -0.4 is 5.32 Å². The Kier molecular flexibility index (Phi) is 6.05. The second-order valence-electron chi connectivity index (χ2n) is 6.80. The van der Waals surface area contributed by atoms with Crippen LogP contribution in [0.1, 0.15) is 29.0 Å². The van der Waals surface area contributed by atoms with Crippen LogP contribution in [0.5, 0.6) is 0 Å². The number of nitrogens with one attached hydrogen (secondary N) is 1. The van der Waals surface area contributed by atoms with E-state index in [1.807, 2.05) is 30.3 Å². The van der Waals surface area contributed by atoms with Gasteiger partial charge in [-0.15, -0.1) is 0 Å². The van der Waals surface area contributed by atoms with Crippen molar-refractivity contribution in [2.45, 2.75) is 24.4 Å². The average molecular weight is 474 g/mol. The van der Waals surface area contributed by atoms with E-state index in [2.05, 4.69) is 21.2 Å². The molecule has 0 aromatic heterocycles. The van der Waals surface area contributed by atoms with E-state index in [0.717, 1.165) is 18.1 Å². The van der Waals surface area contributed by atoms with Gasteiger partial charge in [0, 0.05) is 22.5 Å². The molecule has 0 radical (unpaired) electrons. The van der Waals surface area contributed by atoms with Crippen molar-refractivity contribution >= 4 is 29.4 Å². The molecule has 0 aliphatic heterocycles. The number of rotatable bonds is 7. The molecular weight excluding hydrogens is 455 g/mol. The predicted molar refractivity (Wildman–Crippen MR) is 104 cm³/mol. The van der Waals surface area contributed by atoms with Gasteiger partial charge in [0.1, 0.15) is 0 Å².